The number of carbonyl (C=O) groups is 2. The Bertz CT molecular complexity index is 742. The molecule has 7 heteroatoms. The maximum absolute atomic E-state index is 13.7. The van der Waals surface area contributed by atoms with Crippen LogP contribution in [0.3, 0.4) is 0 Å². The molecule has 1 aromatic carbocycles. The first-order valence-electron chi connectivity index (χ1n) is 7.51. The highest BCUT2D eigenvalue weighted by Crippen LogP contribution is 2.23. The predicted molar refractivity (Wildman–Crippen MR) is 91.1 cm³/mol. The summed E-state index contributed by atoms with van der Waals surface area (Å²) in [6.45, 7) is 0. The monoisotopic (exact) mass is 345 g/mol. The van der Waals surface area contributed by atoms with Gasteiger partial charge in [0.25, 0.3) is 0 Å². The Hall–Kier alpha value is -2.41. The number of hydrogen-bond donors (Lipinski definition) is 2. The summed E-state index contributed by atoms with van der Waals surface area (Å²) in [5, 5.41) is 4.97. The molecule has 24 heavy (non-hydrogen) atoms. The van der Waals surface area contributed by atoms with Crippen molar-refractivity contribution in [3.8, 4) is 0 Å². The van der Waals surface area contributed by atoms with Crippen molar-refractivity contribution in [1.82, 2.24) is 10.3 Å². The lowest BCUT2D eigenvalue weighted by Crippen LogP contribution is -2.52. The van der Waals surface area contributed by atoms with Gasteiger partial charge < -0.3 is 10.6 Å². The van der Waals surface area contributed by atoms with Crippen LogP contribution in [0.1, 0.15) is 5.56 Å². The summed E-state index contributed by atoms with van der Waals surface area (Å²) in [7, 11) is 0. The van der Waals surface area contributed by atoms with Crippen LogP contribution in [0.25, 0.3) is 0 Å². The largest absolute Gasteiger partial charge is 0.343 e. The van der Waals surface area contributed by atoms with Crippen LogP contribution in [0, 0.1) is 5.82 Å². The summed E-state index contributed by atoms with van der Waals surface area (Å²) in [4.78, 5) is 28.4. The van der Waals surface area contributed by atoms with Gasteiger partial charge in [-0.15, -0.1) is 11.8 Å². The minimum absolute atomic E-state index is 0.254. The molecular weight excluding hydrogens is 329 g/mol. The molecule has 1 aliphatic rings. The van der Waals surface area contributed by atoms with Crippen LogP contribution in [-0.2, 0) is 16.0 Å². The molecule has 0 radical (unpaired) electrons. The smallest absolute Gasteiger partial charge is 0.248 e. The molecule has 0 saturated carbocycles. The van der Waals surface area contributed by atoms with Gasteiger partial charge in [-0.1, -0.05) is 24.3 Å². The molecule has 2 atom stereocenters. The van der Waals surface area contributed by atoms with Crippen molar-refractivity contribution in [2.24, 2.45) is 0 Å². The van der Waals surface area contributed by atoms with Gasteiger partial charge in [-0.25, -0.2) is 9.37 Å². The molecule has 0 aliphatic carbocycles. The van der Waals surface area contributed by atoms with Crippen LogP contribution in [0.4, 0.5) is 10.2 Å². The third-order valence-electron chi connectivity index (χ3n) is 3.67. The van der Waals surface area contributed by atoms with Crippen molar-refractivity contribution >= 4 is 29.4 Å². The molecule has 2 heterocycles. The summed E-state index contributed by atoms with van der Waals surface area (Å²) in [5.41, 5.74) is 0.501. The summed E-state index contributed by atoms with van der Waals surface area (Å²) < 4.78 is 13.7. The number of amides is 2. The van der Waals surface area contributed by atoms with Gasteiger partial charge in [0.2, 0.25) is 11.8 Å². The maximum atomic E-state index is 13.7. The Kier molecular flexibility index (Phi) is 5.10. The summed E-state index contributed by atoms with van der Waals surface area (Å²) in [6, 6.07) is 11.0. The third-order valence-corrected chi connectivity index (χ3v) is 4.98. The van der Waals surface area contributed by atoms with Crippen molar-refractivity contribution < 1.29 is 14.0 Å². The Labute approximate surface area is 143 Å². The van der Waals surface area contributed by atoms with Gasteiger partial charge in [-0.05, 0) is 30.2 Å². The molecule has 124 valence electrons. The van der Waals surface area contributed by atoms with E-state index in [0.29, 0.717) is 23.6 Å². The fourth-order valence-electron chi connectivity index (χ4n) is 2.40. The van der Waals surface area contributed by atoms with Crippen molar-refractivity contribution in [1.29, 1.82) is 0 Å². The number of pyridine rings is 1. The normalized spacial score (nSPS) is 20.3. The minimum atomic E-state index is -0.624. The van der Waals surface area contributed by atoms with Crippen molar-refractivity contribution in [3.63, 3.8) is 0 Å². The fourth-order valence-corrected chi connectivity index (χ4v) is 3.58. The first-order chi connectivity index (χ1) is 11.6. The zero-order chi connectivity index (χ0) is 16.9. The van der Waals surface area contributed by atoms with Crippen LogP contribution in [0.15, 0.2) is 48.7 Å². The Morgan fingerprint density at radius 2 is 2.08 bits per heavy atom. The zero-order valence-electron chi connectivity index (χ0n) is 12.7. The second kappa shape index (κ2) is 7.44. The standard InChI is InChI=1S/C17H16FN3O2S/c18-12-6-2-1-5-11(12)9-14-17(23)20-13(10-24-14)16(22)21-15-7-3-4-8-19-15/h1-8,13-14H,9-10H2,(H,20,23)(H,19,21,22)/t13-,14+/m0/s1. The molecule has 2 amide bonds. The topological polar surface area (TPSA) is 71.1 Å². The van der Waals surface area contributed by atoms with Gasteiger partial charge in [-0.2, -0.15) is 0 Å². The lowest BCUT2D eigenvalue weighted by atomic mass is 10.1. The average Bonchev–Trinajstić information content (AvgIpc) is 2.59. The van der Waals surface area contributed by atoms with Crippen molar-refractivity contribution in [3.05, 3.63) is 60.0 Å². The molecule has 1 fully saturated rings. The number of benzene rings is 1. The van der Waals surface area contributed by atoms with Gasteiger partial charge in [-0.3, -0.25) is 9.59 Å². The van der Waals surface area contributed by atoms with E-state index in [0.717, 1.165) is 0 Å². The van der Waals surface area contributed by atoms with Crippen LogP contribution in [-0.4, -0.2) is 33.8 Å². The van der Waals surface area contributed by atoms with E-state index in [-0.39, 0.29) is 17.6 Å². The second-order valence-electron chi connectivity index (χ2n) is 5.38. The highest BCUT2D eigenvalue weighted by atomic mass is 32.2. The zero-order valence-corrected chi connectivity index (χ0v) is 13.6. The number of halogens is 1. The first-order valence-corrected chi connectivity index (χ1v) is 8.55. The van der Waals surface area contributed by atoms with Gasteiger partial charge in [0.15, 0.2) is 0 Å². The van der Waals surface area contributed by atoms with E-state index in [4.69, 9.17) is 0 Å². The molecular formula is C17H16FN3O2S. The number of nitrogens with zero attached hydrogens (tertiary/aromatic N) is 1. The molecule has 0 spiro atoms. The van der Waals surface area contributed by atoms with Gasteiger partial charge in [0, 0.05) is 11.9 Å². The van der Waals surface area contributed by atoms with E-state index in [9.17, 15) is 14.0 Å². The number of anilines is 1. The number of rotatable bonds is 4. The van der Waals surface area contributed by atoms with Crippen LogP contribution < -0.4 is 10.6 Å². The summed E-state index contributed by atoms with van der Waals surface area (Å²) >= 11 is 1.36. The van der Waals surface area contributed by atoms with Crippen molar-refractivity contribution in [2.75, 3.05) is 11.1 Å². The van der Waals surface area contributed by atoms with Gasteiger partial charge >= 0.3 is 0 Å². The number of carbonyl (C=O) groups excluding carboxylic acids is 2. The quantitative estimate of drug-likeness (QED) is 0.889. The molecule has 3 rings (SSSR count). The van der Waals surface area contributed by atoms with E-state index in [1.807, 2.05) is 0 Å². The van der Waals surface area contributed by atoms with Crippen molar-refractivity contribution in [2.45, 2.75) is 17.7 Å². The number of hydrogen-bond acceptors (Lipinski definition) is 4. The summed E-state index contributed by atoms with van der Waals surface area (Å²) in [6.07, 6.45) is 1.88. The molecule has 2 N–H and O–H groups in total. The molecule has 1 saturated heterocycles. The Morgan fingerprint density at radius 3 is 2.79 bits per heavy atom. The first kappa shape index (κ1) is 16.4. The van der Waals surface area contributed by atoms with Crippen LogP contribution >= 0.6 is 11.8 Å². The Balaban J connectivity index is 1.58. The Morgan fingerprint density at radius 1 is 1.29 bits per heavy atom. The molecule has 1 aromatic heterocycles. The highest BCUT2D eigenvalue weighted by molar-refractivity contribution is 8.00. The third kappa shape index (κ3) is 3.91. The number of thioether (sulfide) groups is 1. The van der Waals surface area contributed by atoms with E-state index in [1.165, 1.54) is 17.8 Å². The molecule has 1 aliphatic heterocycles. The van der Waals surface area contributed by atoms with E-state index in [1.54, 1.807) is 42.6 Å². The molecule has 0 unspecified atom stereocenters. The average molecular weight is 345 g/mol. The van der Waals surface area contributed by atoms with Gasteiger partial charge in [0.1, 0.15) is 17.7 Å². The molecule has 0 bridgehead atoms. The fraction of sp³-hybridized carbons (Fsp3) is 0.235. The number of aromatic nitrogens is 1. The lowest BCUT2D eigenvalue weighted by Gasteiger charge is -2.28. The SMILES string of the molecule is O=C(Nc1ccccn1)[C@@H]1CS[C@H](Cc2ccccc2F)C(=O)N1. The second-order valence-corrected chi connectivity index (χ2v) is 6.62. The van der Waals surface area contributed by atoms with E-state index >= 15 is 0 Å². The lowest BCUT2D eigenvalue weighted by molar-refractivity contribution is -0.126. The maximum Gasteiger partial charge on any atom is 0.248 e. The van der Waals surface area contributed by atoms with Gasteiger partial charge in [0.05, 0.1) is 5.25 Å². The molecule has 5 nitrogen and oxygen atoms in total. The highest BCUT2D eigenvalue weighted by Gasteiger charge is 2.32. The minimum Gasteiger partial charge on any atom is -0.343 e. The summed E-state index contributed by atoms with van der Waals surface area (Å²) in [5.74, 6) is -0.00510. The van der Waals surface area contributed by atoms with Crippen LogP contribution in [0.2, 0.25) is 0 Å². The predicted octanol–water partition coefficient (Wildman–Crippen LogP) is 2.00. The number of nitrogens with one attached hydrogen (secondary N) is 2. The van der Waals surface area contributed by atoms with E-state index in [2.05, 4.69) is 15.6 Å². The molecule has 2 aromatic rings. The van der Waals surface area contributed by atoms with Crippen LogP contribution in [0.5, 0.6) is 0 Å². The van der Waals surface area contributed by atoms with E-state index < -0.39 is 11.3 Å².